The number of anilines is 1. The van der Waals surface area contributed by atoms with Crippen molar-refractivity contribution < 1.29 is 32.5 Å². The van der Waals surface area contributed by atoms with E-state index >= 15 is 0 Å². The topological polar surface area (TPSA) is 119 Å². The minimum Gasteiger partial charge on any atom is -0.480 e. The number of halogens is 3. The lowest BCUT2D eigenvalue weighted by Gasteiger charge is -2.09. The molecule has 0 bridgehead atoms. The van der Waals surface area contributed by atoms with E-state index in [1.165, 1.54) is 26.6 Å². The molecule has 0 saturated heterocycles. The number of aliphatic hydroxyl groups excluding tert-OH is 1. The standard InChI is InChI=1S/C19H18F3N5O4S/c1-30-16-13(17(31-2)25-9-24-16)15(29)27-18-26-14(12(32-18)4-3-7-28)11-6-5-10(8-23-11)19(20,21)22/h5-6,8-9,28H,3-4,7H2,1-2H3,(H,26,27,29). The van der Waals surface area contributed by atoms with Gasteiger partial charge in [-0.2, -0.15) is 13.2 Å². The van der Waals surface area contributed by atoms with Gasteiger partial charge in [0.1, 0.15) is 12.0 Å². The minimum absolute atomic E-state index is 0.00367. The molecule has 0 unspecified atom stereocenters. The number of carbonyl (C=O) groups excluding carboxylic acids is 1. The fraction of sp³-hybridized carbons (Fsp3) is 0.316. The van der Waals surface area contributed by atoms with Crippen LogP contribution < -0.4 is 14.8 Å². The van der Waals surface area contributed by atoms with Gasteiger partial charge in [0.05, 0.1) is 25.5 Å². The predicted molar refractivity (Wildman–Crippen MR) is 109 cm³/mol. The number of rotatable bonds is 8. The second kappa shape index (κ2) is 9.87. The van der Waals surface area contributed by atoms with Crippen molar-refractivity contribution >= 4 is 22.4 Å². The zero-order valence-electron chi connectivity index (χ0n) is 16.9. The third kappa shape index (κ3) is 5.11. The Labute approximate surface area is 184 Å². The molecule has 3 aromatic heterocycles. The summed E-state index contributed by atoms with van der Waals surface area (Å²) in [6.45, 7) is -0.0881. The van der Waals surface area contributed by atoms with Gasteiger partial charge in [0.2, 0.25) is 11.8 Å². The van der Waals surface area contributed by atoms with Gasteiger partial charge in [-0.25, -0.2) is 15.0 Å². The summed E-state index contributed by atoms with van der Waals surface area (Å²) >= 11 is 1.12. The lowest BCUT2D eigenvalue weighted by atomic mass is 10.1. The molecule has 0 aliphatic rings. The van der Waals surface area contributed by atoms with Crippen LogP contribution in [0.5, 0.6) is 11.8 Å². The molecule has 1 amide bonds. The van der Waals surface area contributed by atoms with Gasteiger partial charge < -0.3 is 14.6 Å². The van der Waals surface area contributed by atoms with E-state index in [4.69, 9.17) is 14.6 Å². The second-order valence-corrected chi connectivity index (χ2v) is 7.35. The Bertz CT molecular complexity index is 1070. The highest BCUT2D eigenvalue weighted by Gasteiger charge is 2.31. The van der Waals surface area contributed by atoms with Crippen LogP contribution in [0.3, 0.4) is 0 Å². The van der Waals surface area contributed by atoms with E-state index < -0.39 is 17.6 Å². The van der Waals surface area contributed by atoms with Crippen LogP contribution in [0.4, 0.5) is 18.3 Å². The quantitative estimate of drug-likeness (QED) is 0.516. The molecule has 0 spiro atoms. The number of hydrogen-bond acceptors (Lipinski definition) is 9. The van der Waals surface area contributed by atoms with Crippen LogP contribution in [0.1, 0.15) is 27.2 Å². The highest BCUT2D eigenvalue weighted by Crippen LogP contribution is 2.34. The number of carbonyl (C=O) groups is 1. The minimum atomic E-state index is -4.51. The normalized spacial score (nSPS) is 11.3. The molecule has 0 saturated carbocycles. The van der Waals surface area contributed by atoms with Gasteiger partial charge in [0.25, 0.3) is 5.91 Å². The number of nitrogens with one attached hydrogen (secondary N) is 1. The molecule has 2 N–H and O–H groups in total. The maximum atomic E-state index is 12.8. The summed E-state index contributed by atoms with van der Waals surface area (Å²) in [5, 5.41) is 11.9. The number of amides is 1. The number of thiazole rings is 1. The molecule has 3 rings (SSSR count). The van der Waals surface area contributed by atoms with Gasteiger partial charge >= 0.3 is 6.18 Å². The van der Waals surface area contributed by atoms with Crippen molar-refractivity contribution in [3.63, 3.8) is 0 Å². The molecule has 0 fully saturated rings. The molecule has 0 aromatic carbocycles. The maximum Gasteiger partial charge on any atom is 0.417 e. The number of hydrogen-bond donors (Lipinski definition) is 2. The number of methoxy groups -OCH3 is 2. The Morgan fingerprint density at radius 1 is 1.16 bits per heavy atom. The van der Waals surface area contributed by atoms with Crippen LogP contribution in [0.25, 0.3) is 11.4 Å². The summed E-state index contributed by atoms with van der Waals surface area (Å²) in [4.78, 5) is 29.5. The van der Waals surface area contributed by atoms with Crippen LogP contribution >= 0.6 is 11.3 Å². The monoisotopic (exact) mass is 469 g/mol. The van der Waals surface area contributed by atoms with Crippen molar-refractivity contribution in [2.24, 2.45) is 0 Å². The second-order valence-electron chi connectivity index (χ2n) is 6.27. The molecular weight excluding hydrogens is 451 g/mol. The first-order valence-corrected chi connectivity index (χ1v) is 9.98. The fourth-order valence-corrected chi connectivity index (χ4v) is 3.74. The van der Waals surface area contributed by atoms with E-state index in [0.29, 0.717) is 23.4 Å². The Balaban J connectivity index is 1.94. The number of aliphatic hydroxyl groups is 1. The van der Waals surface area contributed by atoms with Crippen LogP contribution in [0.2, 0.25) is 0 Å². The first-order valence-electron chi connectivity index (χ1n) is 9.17. The average Bonchev–Trinajstić information content (AvgIpc) is 3.18. The summed E-state index contributed by atoms with van der Waals surface area (Å²) < 4.78 is 48.7. The van der Waals surface area contributed by atoms with Crippen molar-refractivity contribution in [2.75, 3.05) is 26.1 Å². The van der Waals surface area contributed by atoms with Gasteiger partial charge in [0, 0.05) is 17.7 Å². The molecule has 0 aliphatic heterocycles. The summed E-state index contributed by atoms with van der Waals surface area (Å²) in [5.74, 6) is -0.652. The molecule has 0 aliphatic carbocycles. The van der Waals surface area contributed by atoms with Crippen molar-refractivity contribution in [1.29, 1.82) is 0 Å². The van der Waals surface area contributed by atoms with Gasteiger partial charge in [-0.1, -0.05) is 0 Å². The average molecular weight is 469 g/mol. The molecule has 0 radical (unpaired) electrons. The molecular formula is C19H18F3N5O4S. The van der Waals surface area contributed by atoms with E-state index in [2.05, 4.69) is 25.3 Å². The number of pyridine rings is 1. The van der Waals surface area contributed by atoms with Gasteiger partial charge in [-0.05, 0) is 25.0 Å². The van der Waals surface area contributed by atoms with Crippen molar-refractivity contribution in [3.8, 4) is 23.1 Å². The Hall–Kier alpha value is -3.32. The van der Waals surface area contributed by atoms with Crippen LogP contribution in [-0.2, 0) is 12.6 Å². The predicted octanol–water partition coefficient (Wildman–Crippen LogP) is 3.21. The first kappa shape index (κ1) is 23.3. The van der Waals surface area contributed by atoms with Gasteiger partial charge in [0.15, 0.2) is 10.7 Å². The van der Waals surface area contributed by atoms with E-state index in [0.717, 1.165) is 23.6 Å². The molecule has 9 nitrogen and oxygen atoms in total. The van der Waals surface area contributed by atoms with Gasteiger partial charge in [-0.3, -0.25) is 15.1 Å². The number of nitrogens with zero attached hydrogens (tertiary/aromatic N) is 4. The third-order valence-corrected chi connectivity index (χ3v) is 5.24. The van der Waals surface area contributed by atoms with E-state index in [-0.39, 0.29) is 34.8 Å². The number of alkyl halides is 3. The first-order chi connectivity index (χ1) is 15.3. The third-order valence-electron chi connectivity index (χ3n) is 4.20. The highest BCUT2D eigenvalue weighted by molar-refractivity contribution is 7.16. The summed E-state index contributed by atoms with van der Waals surface area (Å²) in [6.07, 6.45) is -1.82. The van der Waals surface area contributed by atoms with E-state index in [1.807, 2.05) is 0 Å². The fourth-order valence-electron chi connectivity index (χ4n) is 2.73. The maximum absolute atomic E-state index is 12.8. The summed E-state index contributed by atoms with van der Waals surface area (Å²) in [5.41, 5.74) is -0.402. The Morgan fingerprint density at radius 2 is 1.84 bits per heavy atom. The lowest BCUT2D eigenvalue weighted by molar-refractivity contribution is -0.137. The number of aromatic nitrogens is 4. The Kier molecular flexibility index (Phi) is 7.20. The zero-order chi connectivity index (χ0) is 23.3. The van der Waals surface area contributed by atoms with Crippen molar-refractivity contribution in [2.45, 2.75) is 19.0 Å². The Morgan fingerprint density at radius 3 is 2.38 bits per heavy atom. The van der Waals surface area contributed by atoms with Crippen LogP contribution in [0.15, 0.2) is 24.7 Å². The molecule has 32 heavy (non-hydrogen) atoms. The molecule has 3 aromatic rings. The van der Waals surface area contributed by atoms with Crippen LogP contribution in [-0.4, -0.2) is 51.8 Å². The largest absolute Gasteiger partial charge is 0.480 e. The van der Waals surface area contributed by atoms with Crippen molar-refractivity contribution in [3.05, 3.63) is 40.7 Å². The lowest BCUT2D eigenvalue weighted by Crippen LogP contribution is -2.16. The highest BCUT2D eigenvalue weighted by atomic mass is 32.1. The smallest absolute Gasteiger partial charge is 0.417 e. The van der Waals surface area contributed by atoms with E-state index in [9.17, 15) is 18.0 Å². The van der Waals surface area contributed by atoms with Gasteiger partial charge in [-0.15, -0.1) is 11.3 Å². The van der Waals surface area contributed by atoms with E-state index in [1.54, 1.807) is 0 Å². The number of aryl methyl sites for hydroxylation is 1. The molecule has 13 heteroatoms. The zero-order valence-corrected chi connectivity index (χ0v) is 17.8. The van der Waals surface area contributed by atoms with Crippen molar-refractivity contribution in [1.82, 2.24) is 19.9 Å². The number of ether oxygens (including phenoxy) is 2. The SMILES string of the molecule is COc1ncnc(OC)c1C(=O)Nc1nc(-c2ccc(C(F)(F)F)cn2)c(CCCO)s1. The summed E-state index contributed by atoms with van der Waals surface area (Å²) in [7, 11) is 2.67. The molecule has 170 valence electrons. The molecule has 0 atom stereocenters. The summed E-state index contributed by atoms with van der Waals surface area (Å²) in [6, 6.07) is 2.12. The van der Waals surface area contributed by atoms with Crippen LogP contribution in [0, 0.1) is 0 Å². The molecule has 3 heterocycles.